The first-order chi connectivity index (χ1) is 21.1. The number of hydrogen-bond acceptors (Lipinski definition) is 8. The van der Waals surface area contributed by atoms with Crippen LogP contribution in [0.4, 0.5) is 4.79 Å². The molecule has 2 bridgehead atoms. The highest BCUT2D eigenvalue weighted by Crippen LogP contribution is 2.62. The Morgan fingerprint density at radius 1 is 1.02 bits per heavy atom. The van der Waals surface area contributed by atoms with Crippen LogP contribution >= 0.6 is 0 Å². The summed E-state index contributed by atoms with van der Waals surface area (Å²) in [5.74, 6) is 2.02. The van der Waals surface area contributed by atoms with Crippen LogP contribution in [0.1, 0.15) is 96.1 Å². The summed E-state index contributed by atoms with van der Waals surface area (Å²) in [4.78, 5) is 25.7. The Morgan fingerprint density at radius 3 is 2.68 bits per heavy atom. The Hall–Kier alpha value is -1.91. The van der Waals surface area contributed by atoms with E-state index in [1.165, 1.54) is 11.1 Å². The SMILES string of the molecule is COc1ccc2c(c1)CC[C@@H]1[C@@H]2CC[C@]2(C)[C@@H](O)[C@H](NC(=O)O[C@H]3O[C@@H]4O[C@@]5(C)CC[C@H]6[C@H](C)CC[C@@H]([C@H]3C)[C@@]46OO5)C[C@@H]12. The number of carbonyl (C=O) groups excluding carboxylic acids is 1. The molecule has 1 spiro atoms. The number of methoxy groups -OCH3 is 1. The van der Waals surface area contributed by atoms with Crippen molar-refractivity contribution >= 4 is 6.09 Å². The van der Waals surface area contributed by atoms with Crippen LogP contribution in [0, 0.1) is 40.9 Å². The monoisotopic (exact) mass is 611 g/mol. The summed E-state index contributed by atoms with van der Waals surface area (Å²) >= 11 is 0. The van der Waals surface area contributed by atoms with Crippen molar-refractivity contribution in [3.8, 4) is 5.75 Å². The molecule has 14 atom stereocenters. The fraction of sp³-hybridized carbons (Fsp3) is 0.800. The minimum atomic E-state index is -0.881. The number of aryl methyl sites for hydroxylation is 1. The molecule has 9 heteroatoms. The number of ether oxygens (including phenoxy) is 4. The number of nitrogens with one attached hydrogen (secondary N) is 1. The van der Waals surface area contributed by atoms with E-state index in [0.717, 1.165) is 63.5 Å². The lowest BCUT2D eigenvalue weighted by molar-refractivity contribution is -0.576. The number of aliphatic hydroxyl groups excluding tert-OH is 1. The van der Waals surface area contributed by atoms with Crippen LogP contribution in [0.3, 0.4) is 0 Å². The van der Waals surface area contributed by atoms with Gasteiger partial charge in [-0.15, -0.1) is 0 Å². The Labute approximate surface area is 260 Å². The summed E-state index contributed by atoms with van der Waals surface area (Å²) in [6, 6.07) is 6.16. The van der Waals surface area contributed by atoms with Gasteiger partial charge < -0.3 is 29.4 Å². The minimum Gasteiger partial charge on any atom is -0.497 e. The van der Waals surface area contributed by atoms with Crippen molar-refractivity contribution < 1.29 is 38.6 Å². The molecule has 8 aliphatic rings. The maximum atomic E-state index is 13.5. The highest BCUT2D eigenvalue weighted by atomic mass is 17.3. The molecule has 242 valence electrons. The van der Waals surface area contributed by atoms with Crippen molar-refractivity contribution in [3.63, 3.8) is 0 Å². The van der Waals surface area contributed by atoms with Gasteiger partial charge in [0, 0.05) is 18.3 Å². The summed E-state index contributed by atoms with van der Waals surface area (Å²) < 4.78 is 24.4. The van der Waals surface area contributed by atoms with E-state index in [-0.39, 0.29) is 29.2 Å². The molecule has 44 heavy (non-hydrogen) atoms. The highest BCUT2D eigenvalue weighted by Gasteiger charge is 2.70. The Balaban J connectivity index is 0.971. The molecule has 3 saturated carbocycles. The normalized spacial score (nSPS) is 50.4. The van der Waals surface area contributed by atoms with Crippen LogP contribution < -0.4 is 10.1 Å². The number of carbonyl (C=O) groups is 1. The summed E-state index contributed by atoms with van der Waals surface area (Å²) in [5, 5.41) is 14.8. The van der Waals surface area contributed by atoms with Crippen molar-refractivity contribution in [1.29, 1.82) is 0 Å². The Kier molecular flexibility index (Phi) is 6.90. The maximum absolute atomic E-state index is 13.5. The first-order valence-electron chi connectivity index (χ1n) is 17.1. The van der Waals surface area contributed by atoms with Gasteiger partial charge in [-0.3, -0.25) is 0 Å². The molecule has 4 heterocycles. The van der Waals surface area contributed by atoms with Crippen molar-refractivity contribution in [2.24, 2.45) is 40.9 Å². The van der Waals surface area contributed by atoms with Crippen LogP contribution in [-0.2, 0) is 30.4 Å². The predicted octanol–water partition coefficient (Wildman–Crippen LogP) is 5.82. The molecule has 0 unspecified atom stereocenters. The van der Waals surface area contributed by atoms with Crippen molar-refractivity contribution in [3.05, 3.63) is 29.3 Å². The van der Waals surface area contributed by atoms with E-state index in [1.54, 1.807) is 7.11 Å². The molecule has 4 aliphatic carbocycles. The molecule has 4 aliphatic heterocycles. The molecule has 0 aromatic heterocycles. The van der Waals surface area contributed by atoms with Crippen LogP contribution in [-0.4, -0.2) is 54.4 Å². The Morgan fingerprint density at radius 2 is 1.86 bits per heavy atom. The first kappa shape index (κ1) is 29.5. The molecule has 9 nitrogen and oxygen atoms in total. The standard InChI is InChI=1S/C35H49NO8/c1-18-6-11-26-19(2)30(40-31-35(26)25(18)13-15-34(4,42-31)43-44-35)41-32(38)36-28-17-27-24-9-7-20-16-21(39-5)8-10-22(20)23(24)12-14-33(27,3)29(28)37/h8,10,16,18-19,23-31,37H,6-7,9,11-15,17H2,1-5H3,(H,36,38)/t18-,19-,23-,24-,25+,26+,27+,28-,29+,30-,31-,33+,34-,35-/m1/s1. The van der Waals surface area contributed by atoms with E-state index >= 15 is 0 Å². The number of benzene rings is 1. The number of amides is 1. The smallest absolute Gasteiger partial charge is 0.409 e. The molecule has 7 fully saturated rings. The van der Waals surface area contributed by atoms with Gasteiger partial charge in [0.2, 0.25) is 12.1 Å². The number of fused-ring (bicyclic) bond motifs is 7. The molecule has 1 amide bonds. The van der Waals surface area contributed by atoms with Gasteiger partial charge in [-0.05, 0) is 117 Å². The third-order valence-electron chi connectivity index (χ3n) is 13.6. The van der Waals surface area contributed by atoms with Gasteiger partial charge >= 0.3 is 6.09 Å². The topological polar surface area (TPSA) is 105 Å². The van der Waals surface area contributed by atoms with E-state index in [1.807, 2.05) is 6.92 Å². The third-order valence-corrected chi connectivity index (χ3v) is 13.6. The summed E-state index contributed by atoms with van der Waals surface area (Å²) in [5.41, 5.74) is 1.89. The van der Waals surface area contributed by atoms with Crippen molar-refractivity contribution in [2.75, 3.05) is 7.11 Å². The van der Waals surface area contributed by atoms with Gasteiger partial charge in [-0.2, -0.15) is 0 Å². The average Bonchev–Trinajstić information content (AvgIpc) is 3.11. The van der Waals surface area contributed by atoms with Gasteiger partial charge in [0.15, 0.2) is 11.9 Å². The fourth-order valence-electron chi connectivity index (χ4n) is 11.1. The lowest BCUT2D eigenvalue weighted by Crippen LogP contribution is -2.70. The molecule has 4 saturated heterocycles. The average molecular weight is 612 g/mol. The molecular formula is C35H49NO8. The largest absolute Gasteiger partial charge is 0.497 e. The predicted molar refractivity (Wildman–Crippen MR) is 159 cm³/mol. The lowest BCUT2D eigenvalue weighted by Gasteiger charge is -2.59. The maximum Gasteiger partial charge on any atom is 0.409 e. The summed E-state index contributed by atoms with van der Waals surface area (Å²) in [6.07, 6.45) is 5.95. The fourth-order valence-corrected chi connectivity index (χ4v) is 11.1. The number of aliphatic hydroxyl groups is 1. The van der Waals surface area contributed by atoms with Crippen LogP contribution in [0.25, 0.3) is 0 Å². The summed E-state index contributed by atoms with van der Waals surface area (Å²) in [7, 11) is 1.72. The zero-order chi connectivity index (χ0) is 30.6. The van der Waals surface area contributed by atoms with Crippen LogP contribution in [0.5, 0.6) is 5.75 Å². The molecule has 1 aromatic carbocycles. The second-order valence-electron chi connectivity index (χ2n) is 15.6. The van der Waals surface area contributed by atoms with Crippen molar-refractivity contribution in [2.45, 2.75) is 128 Å². The molecule has 9 rings (SSSR count). The van der Waals surface area contributed by atoms with E-state index in [9.17, 15) is 9.90 Å². The van der Waals surface area contributed by atoms with E-state index in [4.69, 9.17) is 28.7 Å². The van der Waals surface area contributed by atoms with Gasteiger partial charge in [0.25, 0.3) is 0 Å². The number of rotatable bonds is 3. The third kappa shape index (κ3) is 4.18. The van der Waals surface area contributed by atoms with E-state index < -0.39 is 36.2 Å². The molecule has 2 N–H and O–H groups in total. The van der Waals surface area contributed by atoms with E-state index in [2.05, 4.69) is 44.3 Å². The second kappa shape index (κ2) is 10.3. The van der Waals surface area contributed by atoms with Crippen molar-refractivity contribution in [1.82, 2.24) is 5.32 Å². The van der Waals surface area contributed by atoms with E-state index in [0.29, 0.717) is 23.7 Å². The summed E-state index contributed by atoms with van der Waals surface area (Å²) in [6.45, 7) is 8.49. The van der Waals surface area contributed by atoms with Gasteiger partial charge in [-0.25, -0.2) is 14.6 Å². The molecule has 1 aromatic rings. The minimum absolute atomic E-state index is 0.0767. The van der Waals surface area contributed by atoms with Gasteiger partial charge in [0.1, 0.15) is 5.75 Å². The highest BCUT2D eigenvalue weighted by molar-refractivity contribution is 5.68. The zero-order valence-electron chi connectivity index (χ0n) is 26.8. The molecule has 0 radical (unpaired) electrons. The van der Waals surface area contributed by atoms with Gasteiger partial charge in [0.05, 0.1) is 19.3 Å². The second-order valence-corrected chi connectivity index (χ2v) is 15.6. The number of alkyl carbamates (subject to hydrolysis) is 1. The number of hydrogen-bond donors (Lipinski definition) is 2. The van der Waals surface area contributed by atoms with Crippen LogP contribution in [0.15, 0.2) is 18.2 Å². The zero-order valence-corrected chi connectivity index (χ0v) is 26.8. The van der Waals surface area contributed by atoms with Gasteiger partial charge in [-0.1, -0.05) is 26.8 Å². The quantitative estimate of drug-likeness (QED) is 0.412. The first-order valence-corrected chi connectivity index (χ1v) is 17.1. The lowest BCUT2D eigenvalue weighted by atomic mass is 9.55. The Bertz CT molecular complexity index is 1310. The van der Waals surface area contributed by atoms with Crippen LogP contribution in [0.2, 0.25) is 0 Å². The molecular weight excluding hydrogens is 562 g/mol.